The van der Waals surface area contributed by atoms with Crippen molar-refractivity contribution in [2.24, 2.45) is 0 Å². The van der Waals surface area contributed by atoms with Gasteiger partial charge in [-0.15, -0.1) is 0 Å². The SMILES string of the molecule is COc1ccc2cc1Oc1ccc(cc1)C[C@@H]1c3cc(c(OC)cc3CCN1C)Oc1c(O)c(OC)cc3c1CCN(C)C3C2. The number of fused-ring (bicyclic) bond motifs is 2. The number of aromatic hydroxyl groups is 1. The Balaban J connectivity index is 1.44. The Morgan fingerprint density at radius 3 is 2.04 bits per heavy atom. The number of phenolic OH excluding ortho intramolecular Hbond substituents is 1. The van der Waals surface area contributed by atoms with Gasteiger partial charge in [0, 0.05) is 30.7 Å². The molecule has 10 bridgehead atoms. The van der Waals surface area contributed by atoms with Crippen LogP contribution < -0.4 is 23.7 Å². The van der Waals surface area contributed by atoms with E-state index in [0.717, 1.165) is 54.8 Å². The fraction of sp³-hybridized carbons (Fsp3) is 0.351. The summed E-state index contributed by atoms with van der Waals surface area (Å²) in [5.41, 5.74) is 6.80. The van der Waals surface area contributed by atoms with Crippen molar-refractivity contribution in [2.75, 3.05) is 48.5 Å². The van der Waals surface area contributed by atoms with E-state index in [1.54, 1.807) is 21.3 Å². The fourth-order valence-corrected chi connectivity index (χ4v) is 7.10. The summed E-state index contributed by atoms with van der Waals surface area (Å²) in [7, 11) is 9.21. The van der Waals surface area contributed by atoms with Gasteiger partial charge in [0.1, 0.15) is 5.75 Å². The highest BCUT2D eigenvalue weighted by atomic mass is 16.5. The number of benzene rings is 4. The molecule has 1 unspecified atom stereocenters. The predicted octanol–water partition coefficient (Wildman–Crippen LogP) is 6.86. The fourth-order valence-electron chi connectivity index (χ4n) is 7.10. The molecule has 0 amide bonds. The first-order valence-corrected chi connectivity index (χ1v) is 15.5. The Bertz CT molecular complexity index is 1740. The van der Waals surface area contributed by atoms with Crippen LogP contribution in [0.1, 0.15) is 45.5 Å². The molecule has 0 saturated carbocycles. The van der Waals surface area contributed by atoms with Crippen molar-refractivity contribution >= 4 is 0 Å². The van der Waals surface area contributed by atoms with Crippen LogP contribution in [0.15, 0.2) is 60.7 Å². The molecule has 0 spiro atoms. The lowest BCUT2D eigenvalue weighted by molar-refractivity contribution is 0.224. The molecule has 4 aliphatic heterocycles. The Morgan fingerprint density at radius 2 is 1.31 bits per heavy atom. The Kier molecular flexibility index (Phi) is 7.71. The predicted molar refractivity (Wildman–Crippen MR) is 173 cm³/mol. The van der Waals surface area contributed by atoms with Crippen LogP contribution in [0, 0.1) is 0 Å². The zero-order valence-corrected chi connectivity index (χ0v) is 26.6. The van der Waals surface area contributed by atoms with Crippen molar-refractivity contribution in [2.45, 2.75) is 37.8 Å². The van der Waals surface area contributed by atoms with E-state index in [4.69, 9.17) is 23.7 Å². The lowest BCUT2D eigenvalue weighted by Crippen LogP contribution is -2.34. The number of hydrogen-bond donors (Lipinski definition) is 1. The number of nitrogens with zero attached hydrogens (tertiary/aromatic N) is 2. The van der Waals surface area contributed by atoms with E-state index in [9.17, 15) is 5.11 Å². The molecule has 2 atom stereocenters. The maximum Gasteiger partial charge on any atom is 0.201 e. The molecule has 0 fully saturated rings. The van der Waals surface area contributed by atoms with Crippen LogP contribution in [0.25, 0.3) is 0 Å². The van der Waals surface area contributed by atoms with Gasteiger partial charge in [0.25, 0.3) is 0 Å². The van der Waals surface area contributed by atoms with E-state index in [0.29, 0.717) is 40.9 Å². The molecular weight excluding hydrogens is 568 g/mol. The summed E-state index contributed by atoms with van der Waals surface area (Å²) in [5, 5.41) is 11.5. The van der Waals surface area contributed by atoms with E-state index in [-0.39, 0.29) is 17.8 Å². The molecule has 4 heterocycles. The summed E-state index contributed by atoms with van der Waals surface area (Å²) >= 11 is 0. The second-order valence-electron chi connectivity index (χ2n) is 12.3. The largest absolute Gasteiger partial charge is 0.502 e. The minimum atomic E-state index is -0.00104. The Morgan fingerprint density at radius 1 is 0.667 bits per heavy atom. The number of hydrogen-bond acceptors (Lipinski definition) is 8. The number of phenols is 1. The number of likely N-dealkylation sites (N-methyl/N-ethyl adjacent to an activating group) is 2. The molecule has 0 saturated heterocycles. The third kappa shape index (κ3) is 5.32. The highest BCUT2D eigenvalue weighted by molar-refractivity contribution is 5.63. The lowest BCUT2D eigenvalue weighted by atomic mass is 9.87. The minimum Gasteiger partial charge on any atom is -0.502 e. The van der Waals surface area contributed by atoms with Crippen LogP contribution >= 0.6 is 0 Å². The van der Waals surface area contributed by atoms with E-state index in [2.05, 4.69) is 60.3 Å². The zero-order valence-electron chi connectivity index (χ0n) is 26.6. The summed E-state index contributed by atoms with van der Waals surface area (Å²) < 4.78 is 30.4. The van der Waals surface area contributed by atoms with E-state index in [1.807, 2.05) is 24.3 Å². The van der Waals surface area contributed by atoms with Gasteiger partial charge in [-0.3, -0.25) is 9.80 Å². The third-order valence-corrected chi connectivity index (χ3v) is 9.68. The first-order valence-electron chi connectivity index (χ1n) is 15.5. The summed E-state index contributed by atoms with van der Waals surface area (Å²) in [5.74, 6) is 4.14. The molecule has 4 aromatic carbocycles. The van der Waals surface area contributed by atoms with Crippen molar-refractivity contribution in [3.05, 3.63) is 94.0 Å². The lowest BCUT2D eigenvalue weighted by Gasteiger charge is -2.37. The molecule has 4 aliphatic rings. The van der Waals surface area contributed by atoms with Crippen LogP contribution in [0.3, 0.4) is 0 Å². The van der Waals surface area contributed by atoms with Gasteiger partial charge in [-0.2, -0.15) is 0 Å². The third-order valence-electron chi connectivity index (χ3n) is 9.68. The molecule has 1 N–H and O–H groups in total. The molecule has 0 aromatic heterocycles. The van der Waals surface area contributed by atoms with Gasteiger partial charge in [0.2, 0.25) is 5.75 Å². The highest BCUT2D eigenvalue weighted by Gasteiger charge is 2.33. The van der Waals surface area contributed by atoms with Crippen molar-refractivity contribution in [3.63, 3.8) is 0 Å². The van der Waals surface area contributed by atoms with E-state index < -0.39 is 0 Å². The van der Waals surface area contributed by atoms with Gasteiger partial charge in [0.15, 0.2) is 34.5 Å². The van der Waals surface area contributed by atoms with Gasteiger partial charge in [0.05, 0.1) is 21.3 Å². The second kappa shape index (κ2) is 11.8. The van der Waals surface area contributed by atoms with Gasteiger partial charge >= 0.3 is 0 Å². The van der Waals surface area contributed by atoms with Gasteiger partial charge in [-0.1, -0.05) is 18.2 Å². The molecule has 0 aliphatic carbocycles. The number of ether oxygens (including phenoxy) is 5. The summed E-state index contributed by atoms with van der Waals surface area (Å²) in [4.78, 5) is 4.74. The summed E-state index contributed by atoms with van der Waals surface area (Å²) in [6.07, 6.45) is 3.17. The quantitative estimate of drug-likeness (QED) is 0.271. The van der Waals surface area contributed by atoms with Crippen LogP contribution in [-0.2, 0) is 25.7 Å². The van der Waals surface area contributed by atoms with Crippen molar-refractivity contribution < 1.29 is 28.8 Å². The summed E-state index contributed by atoms with van der Waals surface area (Å²) in [6.45, 7) is 1.75. The van der Waals surface area contributed by atoms with Gasteiger partial charge < -0.3 is 28.8 Å². The number of rotatable bonds is 3. The van der Waals surface area contributed by atoms with Crippen LogP contribution in [-0.4, -0.2) is 63.4 Å². The highest BCUT2D eigenvalue weighted by Crippen LogP contribution is 2.50. The van der Waals surface area contributed by atoms with Crippen LogP contribution in [0.2, 0.25) is 0 Å². The first kappa shape index (κ1) is 29.3. The average Bonchev–Trinajstić information content (AvgIpc) is 3.05. The van der Waals surface area contributed by atoms with Crippen molar-refractivity contribution in [1.29, 1.82) is 0 Å². The molecular formula is C37H40N2O6. The molecule has 234 valence electrons. The molecule has 8 heteroatoms. The standard InChI is InChI=1S/C37H40N2O6/c1-38-14-12-24-19-32(42-4)34-20-27(24)29(38)16-22-6-9-25(10-7-22)44-33-18-23(8-11-31(33)41-3)17-30-28-21-35(43-5)36(40)37(45-34)26(28)13-15-39(30)2/h6-11,18-21,29-30,40H,12-17H2,1-5H3/t29-,30?/m1/s1. The van der Waals surface area contributed by atoms with Crippen LogP contribution in [0.5, 0.6) is 46.0 Å². The smallest absolute Gasteiger partial charge is 0.201 e. The average molecular weight is 609 g/mol. The van der Waals surface area contributed by atoms with E-state index in [1.165, 1.54) is 16.7 Å². The Hall–Kier alpha value is -4.40. The second-order valence-corrected chi connectivity index (χ2v) is 12.3. The molecule has 4 aromatic rings. The maximum atomic E-state index is 11.5. The van der Waals surface area contributed by atoms with E-state index >= 15 is 0 Å². The topological polar surface area (TPSA) is 72.9 Å². The number of methoxy groups -OCH3 is 3. The maximum absolute atomic E-state index is 11.5. The zero-order chi connectivity index (χ0) is 31.2. The molecule has 0 radical (unpaired) electrons. The van der Waals surface area contributed by atoms with Gasteiger partial charge in [-0.05, 0) is 110 Å². The molecule has 45 heavy (non-hydrogen) atoms. The monoisotopic (exact) mass is 608 g/mol. The van der Waals surface area contributed by atoms with Crippen molar-refractivity contribution in [1.82, 2.24) is 9.80 Å². The van der Waals surface area contributed by atoms with Crippen molar-refractivity contribution in [3.8, 4) is 46.0 Å². The minimum absolute atomic E-state index is 0.00104. The van der Waals surface area contributed by atoms with Crippen LogP contribution in [0.4, 0.5) is 0 Å². The first-order chi connectivity index (χ1) is 21.9. The Labute approximate surface area is 264 Å². The van der Waals surface area contributed by atoms with Gasteiger partial charge in [-0.25, -0.2) is 0 Å². The molecule has 8 nitrogen and oxygen atoms in total. The summed E-state index contributed by atoms with van der Waals surface area (Å²) in [6, 6.07) is 20.8. The molecule has 8 rings (SSSR count). The normalized spacial score (nSPS) is 19.4.